The number of urea groups is 1. The van der Waals surface area contributed by atoms with Gasteiger partial charge in [-0.1, -0.05) is 12.1 Å². The molecule has 33 heavy (non-hydrogen) atoms. The van der Waals surface area contributed by atoms with E-state index >= 15 is 0 Å². The first kappa shape index (κ1) is 26.4. The lowest BCUT2D eigenvalue weighted by molar-refractivity contribution is -0.192. The third-order valence-corrected chi connectivity index (χ3v) is 5.13. The van der Waals surface area contributed by atoms with Crippen LogP contribution in [0.5, 0.6) is 0 Å². The number of benzene rings is 1. The first-order chi connectivity index (χ1) is 15.2. The Morgan fingerprint density at radius 3 is 2.33 bits per heavy atom. The molecule has 3 rings (SSSR count). The molecular formula is C23H31F3N4O3. The number of piperidine rings is 1. The fourth-order valence-corrected chi connectivity index (χ4v) is 4.26. The van der Waals surface area contributed by atoms with E-state index in [2.05, 4.69) is 66.8 Å². The molecular weight excluding hydrogens is 437 g/mol. The SMILES string of the molecule is CC1(C)CC(NC(=O)NCCc2ccc3ncccc3c2)CC(C)(C)N1.O=C(O)C(F)(F)F. The number of rotatable bonds is 4. The van der Waals surface area contributed by atoms with Crippen LogP contribution in [0.15, 0.2) is 36.5 Å². The normalized spacial score (nSPS) is 17.5. The highest BCUT2D eigenvalue weighted by atomic mass is 19.4. The van der Waals surface area contributed by atoms with Gasteiger partial charge in [0.25, 0.3) is 0 Å². The van der Waals surface area contributed by atoms with Crippen molar-refractivity contribution in [1.29, 1.82) is 0 Å². The quantitative estimate of drug-likeness (QED) is 0.543. The number of aliphatic carboxylic acids is 1. The molecule has 182 valence electrons. The van der Waals surface area contributed by atoms with E-state index in [4.69, 9.17) is 9.90 Å². The number of halogens is 3. The lowest BCUT2D eigenvalue weighted by Gasteiger charge is -2.46. The summed E-state index contributed by atoms with van der Waals surface area (Å²) in [6.45, 7) is 9.38. The fourth-order valence-electron chi connectivity index (χ4n) is 4.26. The lowest BCUT2D eigenvalue weighted by Crippen LogP contribution is -2.62. The highest BCUT2D eigenvalue weighted by molar-refractivity contribution is 5.79. The first-order valence-corrected chi connectivity index (χ1v) is 10.6. The van der Waals surface area contributed by atoms with Gasteiger partial charge in [0.1, 0.15) is 0 Å². The molecule has 1 aliphatic rings. The lowest BCUT2D eigenvalue weighted by atomic mass is 9.80. The molecule has 0 aliphatic carbocycles. The Bertz CT molecular complexity index is 961. The zero-order chi connectivity index (χ0) is 24.9. The van der Waals surface area contributed by atoms with Gasteiger partial charge in [0.15, 0.2) is 0 Å². The summed E-state index contributed by atoms with van der Waals surface area (Å²) in [5.74, 6) is -2.76. The molecule has 7 nitrogen and oxygen atoms in total. The van der Waals surface area contributed by atoms with E-state index in [0.717, 1.165) is 30.2 Å². The molecule has 0 spiro atoms. The van der Waals surface area contributed by atoms with Gasteiger partial charge in [-0.15, -0.1) is 0 Å². The topological polar surface area (TPSA) is 103 Å². The highest BCUT2D eigenvalue weighted by Crippen LogP contribution is 2.28. The molecule has 0 bridgehead atoms. The average Bonchev–Trinajstić information content (AvgIpc) is 2.65. The second kappa shape index (κ2) is 10.4. The van der Waals surface area contributed by atoms with Gasteiger partial charge >= 0.3 is 18.2 Å². The van der Waals surface area contributed by atoms with E-state index in [-0.39, 0.29) is 23.2 Å². The number of carbonyl (C=O) groups is 2. The maximum Gasteiger partial charge on any atom is 0.490 e. The van der Waals surface area contributed by atoms with Gasteiger partial charge in [0.05, 0.1) is 5.52 Å². The van der Waals surface area contributed by atoms with Crippen LogP contribution < -0.4 is 16.0 Å². The standard InChI is InChI=1S/C21H30N4O.C2HF3O2/c1-20(2)13-17(14-21(3,4)25-20)24-19(26)23-11-9-15-7-8-18-16(12-15)6-5-10-22-18;3-2(4,5)1(6)7/h5-8,10,12,17,25H,9,11,13-14H2,1-4H3,(H2,23,24,26);(H,6,7). The van der Waals surface area contributed by atoms with Crippen molar-refractivity contribution < 1.29 is 27.9 Å². The summed E-state index contributed by atoms with van der Waals surface area (Å²) >= 11 is 0. The molecule has 1 saturated heterocycles. The van der Waals surface area contributed by atoms with Crippen LogP contribution in [0.1, 0.15) is 46.1 Å². The molecule has 0 saturated carbocycles. The van der Waals surface area contributed by atoms with Crippen molar-refractivity contribution in [3.05, 3.63) is 42.1 Å². The summed E-state index contributed by atoms with van der Waals surface area (Å²) in [4.78, 5) is 25.5. The minimum Gasteiger partial charge on any atom is -0.475 e. The van der Waals surface area contributed by atoms with Crippen molar-refractivity contribution in [2.45, 2.75) is 70.3 Å². The molecule has 10 heteroatoms. The van der Waals surface area contributed by atoms with E-state index in [1.165, 1.54) is 5.56 Å². The summed E-state index contributed by atoms with van der Waals surface area (Å²) in [6, 6.07) is 10.4. The van der Waals surface area contributed by atoms with Gasteiger partial charge in [0.2, 0.25) is 0 Å². The Morgan fingerprint density at radius 1 is 1.15 bits per heavy atom. The van der Waals surface area contributed by atoms with E-state index in [1.54, 1.807) is 6.20 Å². The molecule has 0 unspecified atom stereocenters. The number of nitrogens with zero attached hydrogens (tertiary/aromatic N) is 1. The molecule has 0 radical (unpaired) electrons. The molecule has 2 amide bonds. The Hall–Kier alpha value is -2.88. The second-order valence-electron chi connectivity index (χ2n) is 9.48. The van der Waals surface area contributed by atoms with Crippen molar-refractivity contribution in [3.8, 4) is 0 Å². The van der Waals surface area contributed by atoms with Crippen LogP contribution in [-0.4, -0.2) is 51.9 Å². The maximum absolute atomic E-state index is 12.3. The molecule has 2 aromatic rings. The van der Waals surface area contributed by atoms with E-state index < -0.39 is 12.1 Å². The molecule has 1 fully saturated rings. The number of carboxylic acid groups (broad SMARTS) is 1. The van der Waals surface area contributed by atoms with Crippen LogP contribution in [0.3, 0.4) is 0 Å². The minimum atomic E-state index is -5.08. The summed E-state index contributed by atoms with van der Waals surface area (Å²) in [5, 5.41) is 18.0. The molecule has 1 aliphatic heterocycles. The third kappa shape index (κ3) is 8.88. The predicted octanol–water partition coefficient (Wildman–Crippen LogP) is 4.02. The minimum absolute atomic E-state index is 0.0266. The Morgan fingerprint density at radius 2 is 1.76 bits per heavy atom. The highest BCUT2D eigenvalue weighted by Gasteiger charge is 2.39. The van der Waals surface area contributed by atoms with Gasteiger partial charge in [-0.05, 0) is 70.7 Å². The van der Waals surface area contributed by atoms with Crippen molar-refractivity contribution in [2.24, 2.45) is 0 Å². The van der Waals surface area contributed by atoms with Gasteiger partial charge in [-0.2, -0.15) is 13.2 Å². The average molecular weight is 469 g/mol. The smallest absolute Gasteiger partial charge is 0.475 e. The largest absolute Gasteiger partial charge is 0.490 e. The van der Waals surface area contributed by atoms with Gasteiger partial charge in [-0.3, -0.25) is 4.98 Å². The fraction of sp³-hybridized carbons (Fsp3) is 0.522. The van der Waals surface area contributed by atoms with Crippen LogP contribution in [0.2, 0.25) is 0 Å². The van der Waals surface area contributed by atoms with Crippen LogP contribution in [0, 0.1) is 0 Å². The van der Waals surface area contributed by atoms with Crippen LogP contribution >= 0.6 is 0 Å². The molecule has 1 aromatic heterocycles. The molecule has 1 aromatic carbocycles. The van der Waals surface area contributed by atoms with E-state index in [9.17, 15) is 18.0 Å². The second-order valence-corrected chi connectivity index (χ2v) is 9.48. The molecule has 2 heterocycles. The van der Waals surface area contributed by atoms with Crippen LogP contribution in [0.25, 0.3) is 10.9 Å². The predicted molar refractivity (Wildman–Crippen MR) is 120 cm³/mol. The van der Waals surface area contributed by atoms with Crippen molar-refractivity contribution in [3.63, 3.8) is 0 Å². The number of hydrogen-bond donors (Lipinski definition) is 4. The Labute approximate surface area is 191 Å². The molecule has 4 N–H and O–H groups in total. The van der Waals surface area contributed by atoms with Crippen LogP contribution in [0.4, 0.5) is 18.0 Å². The summed E-state index contributed by atoms with van der Waals surface area (Å²) in [7, 11) is 0. The van der Waals surface area contributed by atoms with Crippen LogP contribution in [-0.2, 0) is 11.2 Å². The number of nitrogens with one attached hydrogen (secondary N) is 3. The van der Waals surface area contributed by atoms with Gasteiger partial charge in [-0.25, -0.2) is 9.59 Å². The number of hydrogen-bond acceptors (Lipinski definition) is 4. The zero-order valence-electron chi connectivity index (χ0n) is 19.2. The number of carbonyl (C=O) groups excluding carboxylic acids is 1. The van der Waals surface area contributed by atoms with Crippen molar-refractivity contribution in [1.82, 2.24) is 20.9 Å². The van der Waals surface area contributed by atoms with Gasteiger partial charge in [0, 0.05) is 35.2 Å². The van der Waals surface area contributed by atoms with Gasteiger partial charge < -0.3 is 21.1 Å². The number of alkyl halides is 3. The number of pyridine rings is 1. The molecule has 0 atom stereocenters. The summed E-state index contributed by atoms with van der Waals surface area (Å²) in [5.41, 5.74) is 2.26. The zero-order valence-corrected chi connectivity index (χ0v) is 19.2. The number of carboxylic acids is 1. The van der Waals surface area contributed by atoms with Crippen molar-refractivity contribution in [2.75, 3.05) is 6.54 Å². The summed E-state index contributed by atoms with van der Waals surface area (Å²) < 4.78 is 31.7. The summed E-state index contributed by atoms with van der Waals surface area (Å²) in [6.07, 6.45) is -0.609. The number of fused-ring (bicyclic) bond motifs is 1. The van der Waals surface area contributed by atoms with Crippen molar-refractivity contribution >= 4 is 22.9 Å². The van der Waals surface area contributed by atoms with E-state index in [1.807, 2.05) is 12.1 Å². The number of amides is 2. The Balaban J connectivity index is 0.000000479. The maximum atomic E-state index is 12.3. The van der Waals surface area contributed by atoms with E-state index in [0.29, 0.717) is 6.54 Å². The third-order valence-electron chi connectivity index (χ3n) is 5.13. The monoisotopic (exact) mass is 468 g/mol. The number of aromatic nitrogens is 1. The Kier molecular flexibility index (Phi) is 8.29. The first-order valence-electron chi connectivity index (χ1n) is 10.6.